The number of benzene rings is 1. The van der Waals surface area contributed by atoms with E-state index in [1.165, 1.54) is 0 Å². The van der Waals surface area contributed by atoms with E-state index in [-0.39, 0.29) is 16.2 Å². The molecule has 1 heteroatoms. The predicted molar refractivity (Wildman–Crippen MR) is 74.4 cm³/mol. The second-order valence-corrected chi connectivity index (χ2v) is 7.14. The molecule has 1 rings (SSSR count). The van der Waals surface area contributed by atoms with Gasteiger partial charge in [0.25, 0.3) is 0 Å². The Morgan fingerprint density at radius 2 is 1.18 bits per heavy atom. The van der Waals surface area contributed by atoms with Crippen molar-refractivity contribution < 1.29 is 5.11 Å². The van der Waals surface area contributed by atoms with Gasteiger partial charge in [-0.1, -0.05) is 66.7 Å². The Bertz CT molecular complexity index is 377. The molecule has 1 N–H and O–H groups in total. The first-order valence-electron chi connectivity index (χ1n) is 6.30. The minimum Gasteiger partial charge on any atom is -0.508 e. The zero-order chi connectivity index (χ0) is 13.5. The molecule has 0 atom stereocenters. The van der Waals surface area contributed by atoms with Crippen LogP contribution in [0.25, 0.3) is 0 Å². The highest BCUT2D eigenvalue weighted by molar-refractivity contribution is 5.41. The van der Waals surface area contributed by atoms with Crippen LogP contribution in [0, 0.1) is 10.8 Å². The molecule has 0 aliphatic rings. The first kappa shape index (κ1) is 14.1. The fourth-order valence-electron chi connectivity index (χ4n) is 2.83. The van der Waals surface area contributed by atoms with Gasteiger partial charge in [-0.3, -0.25) is 0 Å². The van der Waals surface area contributed by atoms with Crippen LogP contribution in [0.5, 0.6) is 5.75 Å². The van der Waals surface area contributed by atoms with Crippen molar-refractivity contribution in [2.24, 2.45) is 10.8 Å². The van der Waals surface area contributed by atoms with Gasteiger partial charge in [0.05, 0.1) is 0 Å². The minimum absolute atomic E-state index is 0.0735. The van der Waals surface area contributed by atoms with E-state index in [1.54, 1.807) is 6.07 Å². The number of hydrogen-bond donors (Lipinski definition) is 1. The first-order valence-corrected chi connectivity index (χ1v) is 6.30. The van der Waals surface area contributed by atoms with E-state index in [9.17, 15) is 5.11 Å². The van der Waals surface area contributed by atoms with Crippen LogP contribution in [0.2, 0.25) is 0 Å². The summed E-state index contributed by atoms with van der Waals surface area (Å²) in [5.74, 6) is 0.403. The average Bonchev–Trinajstić information content (AvgIpc) is 2.13. The molecule has 0 amide bonds. The standard InChI is InChI=1S/C16H26O/c1-14(2,3)16(7,15(4,5)6)12-10-8-9-11-13(12)17/h8-11,17H,1-7H3. The summed E-state index contributed by atoms with van der Waals surface area (Å²) in [5.41, 5.74) is 1.10. The number of para-hydroxylation sites is 1. The quantitative estimate of drug-likeness (QED) is 0.744. The molecule has 0 spiro atoms. The van der Waals surface area contributed by atoms with Crippen LogP contribution in [0.1, 0.15) is 54.0 Å². The lowest BCUT2D eigenvalue weighted by Crippen LogP contribution is -2.47. The average molecular weight is 234 g/mol. The smallest absolute Gasteiger partial charge is 0.119 e. The van der Waals surface area contributed by atoms with Crippen molar-refractivity contribution in [2.45, 2.75) is 53.9 Å². The SMILES string of the molecule is CC(C)(C)C(C)(c1ccccc1O)C(C)(C)C. The van der Waals surface area contributed by atoms with E-state index in [0.29, 0.717) is 5.75 Å². The Morgan fingerprint density at radius 3 is 1.53 bits per heavy atom. The molecule has 0 saturated carbocycles. The summed E-state index contributed by atoms with van der Waals surface area (Å²) >= 11 is 0. The Balaban J connectivity index is 3.53. The number of rotatable bonds is 1. The van der Waals surface area contributed by atoms with Gasteiger partial charge in [-0.15, -0.1) is 0 Å². The second-order valence-electron chi connectivity index (χ2n) is 7.14. The summed E-state index contributed by atoms with van der Waals surface area (Å²) in [7, 11) is 0. The van der Waals surface area contributed by atoms with E-state index in [1.807, 2.05) is 18.2 Å². The third kappa shape index (κ3) is 2.20. The summed E-state index contributed by atoms with van der Waals surface area (Å²) in [5, 5.41) is 10.2. The van der Waals surface area contributed by atoms with Crippen molar-refractivity contribution in [1.29, 1.82) is 0 Å². The lowest BCUT2D eigenvalue weighted by atomic mass is 9.52. The van der Waals surface area contributed by atoms with Gasteiger partial charge in [-0.2, -0.15) is 0 Å². The molecule has 96 valence electrons. The number of aromatic hydroxyl groups is 1. The summed E-state index contributed by atoms with van der Waals surface area (Å²) in [4.78, 5) is 0. The topological polar surface area (TPSA) is 20.2 Å². The van der Waals surface area contributed by atoms with Crippen molar-refractivity contribution in [3.63, 3.8) is 0 Å². The summed E-state index contributed by atoms with van der Waals surface area (Å²) < 4.78 is 0. The van der Waals surface area contributed by atoms with Crippen LogP contribution < -0.4 is 0 Å². The van der Waals surface area contributed by atoms with E-state index >= 15 is 0 Å². The molecule has 0 heterocycles. The normalized spacial score (nSPS) is 13.8. The molecule has 1 nitrogen and oxygen atoms in total. The summed E-state index contributed by atoms with van der Waals surface area (Å²) in [6, 6.07) is 7.71. The predicted octanol–water partition coefficient (Wildman–Crippen LogP) is 4.74. The Hall–Kier alpha value is -0.980. The zero-order valence-electron chi connectivity index (χ0n) is 12.3. The number of phenols is 1. The van der Waals surface area contributed by atoms with Gasteiger partial charge in [0.2, 0.25) is 0 Å². The molecular formula is C16H26O. The lowest BCUT2D eigenvalue weighted by molar-refractivity contribution is 0.0669. The van der Waals surface area contributed by atoms with E-state index in [0.717, 1.165) is 5.56 Å². The van der Waals surface area contributed by atoms with Crippen molar-refractivity contribution in [3.8, 4) is 5.75 Å². The van der Waals surface area contributed by atoms with Crippen LogP contribution in [-0.4, -0.2) is 5.11 Å². The fraction of sp³-hybridized carbons (Fsp3) is 0.625. The monoisotopic (exact) mass is 234 g/mol. The van der Waals surface area contributed by atoms with Crippen LogP contribution in [0.15, 0.2) is 24.3 Å². The molecule has 0 bridgehead atoms. The van der Waals surface area contributed by atoms with Gasteiger partial charge in [0, 0.05) is 11.0 Å². The van der Waals surface area contributed by atoms with Gasteiger partial charge in [-0.05, 0) is 16.9 Å². The highest BCUT2D eigenvalue weighted by Crippen LogP contribution is 2.54. The van der Waals surface area contributed by atoms with Gasteiger partial charge in [-0.25, -0.2) is 0 Å². The minimum atomic E-state index is -0.0919. The van der Waals surface area contributed by atoms with Crippen LogP contribution in [-0.2, 0) is 5.41 Å². The Labute approximate surface area is 106 Å². The summed E-state index contributed by atoms with van der Waals surface area (Å²) in [6.45, 7) is 15.7. The van der Waals surface area contributed by atoms with Crippen LogP contribution in [0.3, 0.4) is 0 Å². The number of hydrogen-bond acceptors (Lipinski definition) is 1. The van der Waals surface area contributed by atoms with Crippen molar-refractivity contribution in [1.82, 2.24) is 0 Å². The lowest BCUT2D eigenvalue weighted by Gasteiger charge is -2.52. The zero-order valence-corrected chi connectivity index (χ0v) is 12.3. The van der Waals surface area contributed by atoms with E-state index in [4.69, 9.17) is 0 Å². The van der Waals surface area contributed by atoms with Gasteiger partial charge in [0.15, 0.2) is 0 Å². The van der Waals surface area contributed by atoms with Gasteiger partial charge >= 0.3 is 0 Å². The highest BCUT2D eigenvalue weighted by atomic mass is 16.3. The molecule has 1 aromatic carbocycles. The first-order chi connectivity index (χ1) is 7.52. The Kier molecular flexibility index (Phi) is 3.35. The Morgan fingerprint density at radius 1 is 0.765 bits per heavy atom. The molecule has 0 aliphatic heterocycles. The van der Waals surface area contributed by atoms with Crippen molar-refractivity contribution >= 4 is 0 Å². The summed E-state index contributed by atoms with van der Waals surface area (Å²) in [6.07, 6.45) is 0. The molecule has 0 saturated heterocycles. The maximum atomic E-state index is 10.2. The third-order valence-electron chi connectivity index (χ3n) is 4.44. The largest absolute Gasteiger partial charge is 0.508 e. The molecule has 0 aliphatic carbocycles. The molecular weight excluding hydrogens is 208 g/mol. The van der Waals surface area contributed by atoms with E-state index in [2.05, 4.69) is 48.5 Å². The molecule has 0 radical (unpaired) electrons. The third-order valence-corrected chi connectivity index (χ3v) is 4.44. The van der Waals surface area contributed by atoms with Crippen LogP contribution in [0.4, 0.5) is 0 Å². The van der Waals surface area contributed by atoms with Gasteiger partial charge < -0.3 is 5.11 Å². The molecule has 0 aromatic heterocycles. The maximum Gasteiger partial charge on any atom is 0.119 e. The molecule has 17 heavy (non-hydrogen) atoms. The second kappa shape index (κ2) is 4.04. The fourth-order valence-corrected chi connectivity index (χ4v) is 2.83. The van der Waals surface area contributed by atoms with Crippen LogP contribution >= 0.6 is 0 Å². The molecule has 0 unspecified atom stereocenters. The van der Waals surface area contributed by atoms with Gasteiger partial charge in [0.1, 0.15) is 5.75 Å². The van der Waals surface area contributed by atoms with Crippen molar-refractivity contribution in [3.05, 3.63) is 29.8 Å². The maximum absolute atomic E-state index is 10.2. The molecule has 1 aromatic rings. The molecule has 0 fully saturated rings. The van der Waals surface area contributed by atoms with Crippen molar-refractivity contribution in [2.75, 3.05) is 0 Å². The number of phenolic OH excluding ortho intramolecular Hbond substituents is 1. The van der Waals surface area contributed by atoms with E-state index < -0.39 is 0 Å². The highest BCUT2D eigenvalue weighted by Gasteiger charge is 2.48.